The number of fused-ring (bicyclic) bond motifs is 3. The first-order chi connectivity index (χ1) is 19.5. The highest BCUT2D eigenvalue weighted by Gasteiger charge is 2.53. The number of halogens is 1. The number of amides is 1. The summed E-state index contributed by atoms with van der Waals surface area (Å²) in [5, 5.41) is 14.5. The van der Waals surface area contributed by atoms with Gasteiger partial charge in [0.05, 0.1) is 5.60 Å². The molecule has 1 aromatic carbocycles. The van der Waals surface area contributed by atoms with Crippen LogP contribution in [-0.4, -0.2) is 43.5 Å². The Labute approximate surface area is 246 Å². The highest BCUT2D eigenvalue weighted by molar-refractivity contribution is 5.87. The number of alkyl halides is 1. The van der Waals surface area contributed by atoms with Crippen LogP contribution in [0.4, 0.5) is 15.0 Å². The van der Waals surface area contributed by atoms with Crippen molar-refractivity contribution in [2.24, 2.45) is 5.41 Å². The van der Waals surface area contributed by atoms with Gasteiger partial charge in [-0.3, -0.25) is 4.90 Å². The minimum atomic E-state index is -1.68. The summed E-state index contributed by atoms with van der Waals surface area (Å²) in [6, 6.07) is 9.20. The molecule has 3 aliphatic carbocycles. The molecule has 6 rings (SSSR count). The molecule has 2 heterocycles. The van der Waals surface area contributed by atoms with Gasteiger partial charge in [0.15, 0.2) is 17.3 Å². The second-order valence-corrected chi connectivity index (χ2v) is 14.1. The van der Waals surface area contributed by atoms with Crippen LogP contribution >= 0.6 is 0 Å². The van der Waals surface area contributed by atoms with Gasteiger partial charge in [-0.2, -0.15) is 4.98 Å². The smallest absolute Gasteiger partial charge is 0.416 e. The molecule has 226 valence electrons. The Balaban J connectivity index is 1.40. The zero-order valence-electron chi connectivity index (χ0n) is 25.7. The highest BCUT2D eigenvalue weighted by atomic mass is 19.1. The van der Waals surface area contributed by atoms with Crippen LogP contribution in [0.5, 0.6) is 0 Å². The summed E-state index contributed by atoms with van der Waals surface area (Å²) in [4.78, 5) is 29.0. The molecule has 1 amide bonds. The summed E-state index contributed by atoms with van der Waals surface area (Å²) in [7, 11) is 0. The fraction of sp³-hybridized carbons (Fsp3) is 0.594. The molecule has 0 aliphatic heterocycles. The lowest BCUT2D eigenvalue weighted by molar-refractivity contribution is 0.0304. The molecule has 3 fully saturated rings. The SMILES string of the molecule is CC(C)(C)OC(=O)N(CC12CCC(c3noc(C(C)(C)F)n3)(CC1)CC2)c1ccnc(-c2ccc(C(C)(C)O)cc2)n1. The minimum absolute atomic E-state index is 0.0136. The lowest BCUT2D eigenvalue weighted by Crippen LogP contribution is -2.51. The first-order valence-electron chi connectivity index (χ1n) is 14.7. The molecule has 9 nitrogen and oxygen atoms in total. The molecule has 3 aromatic rings. The van der Waals surface area contributed by atoms with Crippen molar-refractivity contribution in [2.75, 3.05) is 11.4 Å². The second-order valence-electron chi connectivity index (χ2n) is 14.1. The average molecular weight is 580 g/mol. The van der Waals surface area contributed by atoms with E-state index in [1.54, 1.807) is 31.0 Å². The van der Waals surface area contributed by atoms with Crippen LogP contribution in [-0.2, 0) is 21.4 Å². The summed E-state index contributed by atoms with van der Waals surface area (Å²) >= 11 is 0. The van der Waals surface area contributed by atoms with Gasteiger partial charge in [-0.1, -0.05) is 29.4 Å². The van der Waals surface area contributed by atoms with Gasteiger partial charge in [0.1, 0.15) is 11.4 Å². The van der Waals surface area contributed by atoms with Gasteiger partial charge < -0.3 is 14.4 Å². The lowest BCUT2D eigenvalue weighted by atomic mass is 9.53. The Morgan fingerprint density at radius 1 is 0.976 bits per heavy atom. The molecule has 1 N–H and O–H groups in total. The average Bonchev–Trinajstić information content (AvgIpc) is 3.44. The molecular formula is C32H42FN5O4. The van der Waals surface area contributed by atoms with Crippen LogP contribution in [0.3, 0.4) is 0 Å². The molecule has 3 aliphatic rings. The van der Waals surface area contributed by atoms with Crippen molar-refractivity contribution in [3.8, 4) is 11.4 Å². The van der Waals surface area contributed by atoms with Crippen LogP contribution in [0.1, 0.15) is 104 Å². The third kappa shape index (κ3) is 6.19. The van der Waals surface area contributed by atoms with Gasteiger partial charge in [-0.15, -0.1) is 0 Å². The number of hydrogen-bond donors (Lipinski definition) is 1. The number of nitrogens with zero attached hydrogens (tertiary/aromatic N) is 5. The number of ether oxygens (including phenoxy) is 1. The topological polar surface area (TPSA) is 114 Å². The lowest BCUT2D eigenvalue weighted by Gasteiger charge is -2.53. The van der Waals surface area contributed by atoms with E-state index in [-0.39, 0.29) is 16.7 Å². The number of aliphatic hydroxyl groups is 1. The zero-order valence-corrected chi connectivity index (χ0v) is 25.7. The van der Waals surface area contributed by atoms with Gasteiger partial charge >= 0.3 is 6.09 Å². The molecule has 0 saturated heterocycles. The third-order valence-corrected chi connectivity index (χ3v) is 8.68. The highest BCUT2D eigenvalue weighted by Crippen LogP contribution is 2.57. The van der Waals surface area contributed by atoms with E-state index >= 15 is 0 Å². The van der Waals surface area contributed by atoms with Gasteiger partial charge in [-0.05, 0) is 104 Å². The third-order valence-electron chi connectivity index (χ3n) is 8.68. The van der Waals surface area contributed by atoms with Crippen molar-refractivity contribution in [3.05, 3.63) is 53.8 Å². The number of carbonyl (C=O) groups excluding carboxylic acids is 1. The van der Waals surface area contributed by atoms with E-state index < -0.39 is 23.0 Å². The Hall–Kier alpha value is -3.40. The number of hydrogen-bond acceptors (Lipinski definition) is 8. The summed E-state index contributed by atoms with van der Waals surface area (Å²) < 4.78 is 25.6. The Morgan fingerprint density at radius 3 is 2.12 bits per heavy atom. The maximum atomic E-state index is 14.4. The standard InChI is InChI=1S/C32H42FN5O4/c1-28(2,3)41-27(39)38(23-12-19-34-24(35-23)21-8-10-22(11-9-21)30(6,7)40)20-31-13-16-32(17-14-31,18-15-31)25-36-26(42-37-25)29(4,5)33/h8-12,19,40H,13-18,20H2,1-7H3. The number of rotatable bonds is 7. The summed E-state index contributed by atoms with van der Waals surface area (Å²) in [5.41, 5.74) is -2.10. The second kappa shape index (κ2) is 10.4. The quantitative estimate of drug-likeness (QED) is 0.318. The Kier molecular flexibility index (Phi) is 7.44. The molecule has 3 saturated carbocycles. The van der Waals surface area contributed by atoms with Crippen LogP contribution in [0.2, 0.25) is 0 Å². The van der Waals surface area contributed by atoms with E-state index in [0.717, 1.165) is 49.7 Å². The van der Waals surface area contributed by atoms with E-state index in [2.05, 4.69) is 15.1 Å². The van der Waals surface area contributed by atoms with Gasteiger partial charge in [0.25, 0.3) is 5.89 Å². The number of anilines is 1. The maximum Gasteiger partial charge on any atom is 0.416 e. The summed E-state index contributed by atoms with van der Waals surface area (Å²) in [6.07, 6.45) is 6.32. The largest absolute Gasteiger partial charge is 0.443 e. The number of carbonyl (C=O) groups is 1. The van der Waals surface area contributed by atoms with Crippen LogP contribution < -0.4 is 4.90 Å². The molecule has 2 aromatic heterocycles. The molecule has 0 atom stereocenters. The van der Waals surface area contributed by atoms with Crippen molar-refractivity contribution in [3.63, 3.8) is 0 Å². The van der Waals surface area contributed by atoms with Crippen LogP contribution in [0.15, 0.2) is 41.1 Å². The zero-order chi connectivity index (χ0) is 30.6. The normalized spacial score (nSPS) is 22.7. The van der Waals surface area contributed by atoms with Gasteiger partial charge in [0, 0.05) is 23.7 Å². The number of aromatic nitrogens is 4. The summed E-state index contributed by atoms with van der Waals surface area (Å²) in [5.74, 6) is 1.57. The van der Waals surface area contributed by atoms with Crippen molar-refractivity contribution in [2.45, 2.75) is 109 Å². The fourth-order valence-corrected chi connectivity index (χ4v) is 6.07. The molecule has 42 heavy (non-hydrogen) atoms. The van der Waals surface area contributed by atoms with Crippen LogP contribution in [0.25, 0.3) is 11.4 Å². The predicted octanol–water partition coefficient (Wildman–Crippen LogP) is 6.99. The Morgan fingerprint density at radius 2 is 1.60 bits per heavy atom. The van der Waals surface area contributed by atoms with E-state index in [4.69, 9.17) is 14.2 Å². The molecule has 0 unspecified atom stereocenters. The first kappa shape index (κ1) is 30.1. The van der Waals surface area contributed by atoms with Crippen molar-refractivity contribution in [1.82, 2.24) is 20.1 Å². The van der Waals surface area contributed by atoms with E-state index in [9.17, 15) is 14.3 Å². The van der Waals surface area contributed by atoms with Crippen molar-refractivity contribution < 1.29 is 23.6 Å². The van der Waals surface area contributed by atoms with E-state index in [0.29, 0.717) is 24.0 Å². The predicted molar refractivity (Wildman–Crippen MR) is 157 cm³/mol. The fourth-order valence-electron chi connectivity index (χ4n) is 6.07. The van der Waals surface area contributed by atoms with E-state index in [1.165, 1.54) is 13.8 Å². The molecule has 10 heteroatoms. The maximum absolute atomic E-state index is 14.4. The van der Waals surface area contributed by atoms with Crippen LogP contribution in [0, 0.1) is 5.41 Å². The molecule has 0 spiro atoms. The van der Waals surface area contributed by atoms with E-state index in [1.807, 2.05) is 45.0 Å². The van der Waals surface area contributed by atoms with Gasteiger partial charge in [-0.25, -0.2) is 19.2 Å². The minimum Gasteiger partial charge on any atom is -0.443 e. The Bertz CT molecular complexity index is 1410. The molecule has 2 bridgehead atoms. The summed E-state index contributed by atoms with van der Waals surface area (Å²) in [6.45, 7) is 12.3. The molecule has 0 radical (unpaired) electrons. The monoisotopic (exact) mass is 579 g/mol. The van der Waals surface area contributed by atoms with Gasteiger partial charge in [0.2, 0.25) is 0 Å². The molecular weight excluding hydrogens is 537 g/mol. The van der Waals surface area contributed by atoms with Crippen molar-refractivity contribution >= 4 is 11.9 Å². The number of benzene rings is 1. The van der Waals surface area contributed by atoms with Crippen molar-refractivity contribution in [1.29, 1.82) is 0 Å². The first-order valence-corrected chi connectivity index (χ1v) is 14.7.